The van der Waals surface area contributed by atoms with Crippen LogP contribution in [-0.2, 0) is 4.74 Å². The zero-order valence-corrected chi connectivity index (χ0v) is 9.18. The van der Waals surface area contributed by atoms with Crippen LogP contribution in [0.1, 0.15) is 31.5 Å². The molecule has 15 heavy (non-hydrogen) atoms. The van der Waals surface area contributed by atoms with Crippen LogP contribution < -0.4 is 5.32 Å². The lowest BCUT2D eigenvalue weighted by Gasteiger charge is -2.36. The Morgan fingerprint density at radius 2 is 2.27 bits per heavy atom. The fourth-order valence-electron chi connectivity index (χ4n) is 1.87. The third-order valence-electron chi connectivity index (χ3n) is 2.94. The van der Waals surface area contributed by atoms with Crippen LogP contribution in [0.5, 0.6) is 0 Å². The molecule has 0 amide bonds. The van der Waals surface area contributed by atoms with Crippen LogP contribution in [0.3, 0.4) is 0 Å². The van der Waals surface area contributed by atoms with Gasteiger partial charge in [-0.25, -0.2) is 0 Å². The average molecular weight is 207 g/mol. The first-order valence-electron chi connectivity index (χ1n) is 5.34. The lowest BCUT2D eigenvalue weighted by molar-refractivity contribution is 0.0146. The molecule has 0 aliphatic heterocycles. The summed E-state index contributed by atoms with van der Waals surface area (Å²) in [6.07, 6.45) is 7.87. The summed E-state index contributed by atoms with van der Waals surface area (Å²) in [4.78, 5) is 8.33. The number of rotatable bonds is 4. The quantitative estimate of drug-likeness (QED) is 0.808. The molecule has 1 saturated carbocycles. The maximum absolute atomic E-state index is 5.24. The second-order valence-electron chi connectivity index (χ2n) is 4.04. The SMILES string of the molecule is COC1CC(NC(C)c2cnccn2)C1. The van der Waals surface area contributed by atoms with Crippen LogP contribution in [-0.4, -0.2) is 29.2 Å². The number of methoxy groups -OCH3 is 1. The first-order valence-corrected chi connectivity index (χ1v) is 5.34. The number of ether oxygens (including phenoxy) is 1. The van der Waals surface area contributed by atoms with Crippen molar-refractivity contribution in [3.63, 3.8) is 0 Å². The van der Waals surface area contributed by atoms with Crippen LogP contribution in [0.4, 0.5) is 0 Å². The first-order chi connectivity index (χ1) is 7.29. The highest BCUT2D eigenvalue weighted by molar-refractivity contribution is 5.02. The Hall–Kier alpha value is -1.00. The Kier molecular flexibility index (Phi) is 3.28. The van der Waals surface area contributed by atoms with Crippen LogP contribution in [0.2, 0.25) is 0 Å². The topological polar surface area (TPSA) is 47.0 Å². The van der Waals surface area contributed by atoms with Crippen molar-refractivity contribution in [2.45, 2.75) is 38.0 Å². The van der Waals surface area contributed by atoms with Crippen LogP contribution >= 0.6 is 0 Å². The van der Waals surface area contributed by atoms with E-state index in [0.717, 1.165) is 18.5 Å². The highest BCUT2D eigenvalue weighted by Gasteiger charge is 2.29. The van der Waals surface area contributed by atoms with Gasteiger partial charge in [-0.15, -0.1) is 0 Å². The molecule has 1 heterocycles. The molecule has 1 N–H and O–H groups in total. The molecule has 1 fully saturated rings. The Balaban J connectivity index is 1.81. The number of aromatic nitrogens is 2. The van der Waals surface area contributed by atoms with Gasteiger partial charge in [0.2, 0.25) is 0 Å². The highest BCUT2D eigenvalue weighted by Crippen LogP contribution is 2.24. The fraction of sp³-hybridized carbons (Fsp3) is 0.636. The van der Waals surface area contributed by atoms with Crippen molar-refractivity contribution in [2.24, 2.45) is 0 Å². The minimum Gasteiger partial charge on any atom is -0.381 e. The van der Waals surface area contributed by atoms with E-state index in [-0.39, 0.29) is 6.04 Å². The number of nitrogens with zero attached hydrogens (tertiary/aromatic N) is 2. The maximum atomic E-state index is 5.24. The van der Waals surface area contributed by atoms with Gasteiger partial charge < -0.3 is 10.1 Å². The number of hydrogen-bond acceptors (Lipinski definition) is 4. The number of nitrogens with one attached hydrogen (secondary N) is 1. The Morgan fingerprint density at radius 3 is 2.87 bits per heavy atom. The summed E-state index contributed by atoms with van der Waals surface area (Å²) < 4.78 is 5.24. The lowest BCUT2D eigenvalue weighted by atomic mass is 9.88. The predicted molar refractivity (Wildman–Crippen MR) is 57.4 cm³/mol. The van der Waals surface area contributed by atoms with E-state index in [1.807, 2.05) is 6.20 Å². The molecule has 0 radical (unpaired) electrons. The molecule has 1 aliphatic carbocycles. The molecule has 2 rings (SSSR count). The summed E-state index contributed by atoms with van der Waals surface area (Å²) >= 11 is 0. The molecule has 1 unspecified atom stereocenters. The van der Waals surface area contributed by atoms with E-state index >= 15 is 0 Å². The van der Waals surface area contributed by atoms with Crippen molar-refractivity contribution in [1.82, 2.24) is 15.3 Å². The Labute approximate surface area is 90.1 Å². The van der Waals surface area contributed by atoms with Crippen LogP contribution in [0.15, 0.2) is 18.6 Å². The largest absolute Gasteiger partial charge is 0.381 e. The molecule has 0 bridgehead atoms. The van der Waals surface area contributed by atoms with Crippen molar-refractivity contribution < 1.29 is 4.74 Å². The second kappa shape index (κ2) is 4.68. The molecule has 1 aromatic heterocycles. The van der Waals surface area contributed by atoms with Crippen molar-refractivity contribution >= 4 is 0 Å². The van der Waals surface area contributed by atoms with Gasteiger partial charge >= 0.3 is 0 Å². The van der Waals surface area contributed by atoms with Gasteiger partial charge in [0, 0.05) is 37.8 Å². The average Bonchev–Trinajstić information content (AvgIpc) is 2.23. The summed E-state index contributed by atoms with van der Waals surface area (Å²) in [6.45, 7) is 2.12. The third kappa shape index (κ3) is 2.52. The maximum Gasteiger partial charge on any atom is 0.0753 e. The molecule has 0 saturated heterocycles. The van der Waals surface area contributed by atoms with Crippen LogP contribution in [0, 0.1) is 0 Å². The predicted octanol–water partition coefficient (Wildman–Crippen LogP) is 1.30. The Morgan fingerprint density at radius 1 is 1.47 bits per heavy atom. The Bertz CT molecular complexity index is 298. The normalized spacial score (nSPS) is 27.1. The van der Waals surface area contributed by atoms with E-state index in [1.165, 1.54) is 0 Å². The minimum atomic E-state index is 0.265. The van der Waals surface area contributed by atoms with Crippen molar-refractivity contribution in [3.8, 4) is 0 Å². The molecule has 0 spiro atoms. The zero-order valence-electron chi connectivity index (χ0n) is 9.18. The molecule has 0 aromatic carbocycles. The highest BCUT2D eigenvalue weighted by atomic mass is 16.5. The van der Waals surface area contributed by atoms with E-state index in [9.17, 15) is 0 Å². The summed E-state index contributed by atoms with van der Waals surface area (Å²) in [5.41, 5.74) is 0.998. The third-order valence-corrected chi connectivity index (χ3v) is 2.94. The molecule has 1 aliphatic rings. The molecular weight excluding hydrogens is 190 g/mol. The van der Waals surface area contributed by atoms with Gasteiger partial charge in [0.15, 0.2) is 0 Å². The summed E-state index contributed by atoms with van der Waals surface area (Å²) in [5.74, 6) is 0. The van der Waals surface area contributed by atoms with Crippen molar-refractivity contribution in [3.05, 3.63) is 24.3 Å². The van der Waals surface area contributed by atoms with Gasteiger partial charge in [-0.05, 0) is 19.8 Å². The molecule has 1 atom stereocenters. The van der Waals surface area contributed by atoms with Crippen molar-refractivity contribution in [1.29, 1.82) is 0 Å². The van der Waals surface area contributed by atoms with E-state index in [2.05, 4.69) is 22.2 Å². The van der Waals surface area contributed by atoms with Gasteiger partial charge in [0.25, 0.3) is 0 Å². The number of hydrogen-bond donors (Lipinski definition) is 1. The van der Waals surface area contributed by atoms with E-state index in [4.69, 9.17) is 4.74 Å². The molecule has 1 aromatic rings. The van der Waals surface area contributed by atoms with E-state index in [1.54, 1.807) is 19.5 Å². The van der Waals surface area contributed by atoms with Gasteiger partial charge in [-0.2, -0.15) is 0 Å². The van der Waals surface area contributed by atoms with E-state index in [0.29, 0.717) is 12.1 Å². The van der Waals surface area contributed by atoms with Crippen molar-refractivity contribution in [2.75, 3.05) is 7.11 Å². The lowest BCUT2D eigenvalue weighted by Crippen LogP contribution is -2.45. The fourth-order valence-corrected chi connectivity index (χ4v) is 1.87. The summed E-state index contributed by atoms with van der Waals surface area (Å²) in [5, 5.41) is 3.51. The minimum absolute atomic E-state index is 0.265. The van der Waals surface area contributed by atoms with E-state index < -0.39 is 0 Å². The smallest absolute Gasteiger partial charge is 0.0753 e. The van der Waals surface area contributed by atoms with Gasteiger partial charge in [0.1, 0.15) is 0 Å². The zero-order chi connectivity index (χ0) is 10.7. The molecule has 4 nitrogen and oxygen atoms in total. The second-order valence-corrected chi connectivity index (χ2v) is 4.04. The first kappa shape index (κ1) is 10.5. The summed E-state index contributed by atoms with van der Waals surface area (Å²) in [7, 11) is 1.77. The van der Waals surface area contributed by atoms with Gasteiger partial charge in [-0.1, -0.05) is 0 Å². The van der Waals surface area contributed by atoms with Gasteiger partial charge in [0.05, 0.1) is 11.8 Å². The summed E-state index contributed by atoms with van der Waals surface area (Å²) in [6, 6.07) is 0.827. The monoisotopic (exact) mass is 207 g/mol. The molecule has 82 valence electrons. The molecule has 4 heteroatoms. The van der Waals surface area contributed by atoms with Gasteiger partial charge in [-0.3, -0.25) is 9.97 Å². The van der Waals surface area contributed by atoms with Crippen LogP contribution in [0.25, 0.3) is 0 Å². The molecular formula is C11H17N3O. The standard InChI is InChI=1S/C11H17N3O/c1-8(11-7-12-3-4-13-11)14-9-5-10(6-9)15-2/h3-4,7-10,14H,5-6H2,1-2H3.